The van der Waals surface area contributed by atoms with Crippen LogP contribution in [0.2, 0.25) is 0 Å². The number of aromatic nitrogens is 2. The average Bonchev–Trinajstić information content (AvgIpc) is 2.95. The van der Waals surface area contributed by atoms with Crippen LogP contribution in [0.5, 0.6) is 0 Å². The van der Waals surface area contributed by atoms with E-state index in [1.165, 1.54) is 18.8 Å². The number of amides is 1. The highest BCUT2D eigenvalue weighted by atomic mass is 16.4. The van der Waals surface area contributed by atoms with E-state index in [9.17, 15) is 4.79 Å². The van der Waals surface area contributed by atoms with Gasteiger partial charge >= 0.3 is 0 Å². The van der Waals surface area contributed by atoms with Crippen molar-refractivity contribution < 1.29 is 10.0 Å². The van der Waals surface area contributed by atoms with E-state index < -0.39 is 5.54 Å². The minimum Gasteiger partial charge on any atom is -0.409 e. The van der Waals surface area contributed by atoms with E-state index >= 15 is 0 Å². The molecule has 1 aromatic heterocycles. The van der Waals surface area contributed by atoms with Crippen molar-refractivity contribution in [2.24, 2.45) is 10.9 Å². The maximum absolute atomic E-state index is 12.2. The predicted octanol–water partition coefficient (Wildman–Crippen LogP) is 1.37. The van der Waals surface area contributed by atoms with E-state index in [1.807, 2.05) is 0 Å². The highest BCUT2D eigenvalue weighted by molar-refractivity contribution is 5.99. The van der Waals surface area contributed by atoms with Gasteiger partial charge in [0.1, 0.15) is 5.54 Å². The molecule has 1 fully saturated rings. The first-order chi connectivity index (χ1) is 9.68. The molecule has 1 heterocycles. The van der Waals surface area contributed by atoms with Crippen LogP contribution in [0, 0.1) is 0 Å². The van der Waals surface area contributed by atoms with Crippen LogP contribution >= 0.6 is 0 Å². The molecule has 7 heteroatoms. The largest absolute Gasteiger partial charge is 0.409 e. The Morgan fingerprint density at radius 3 is 2.55 bits per heavy atom. The second-order valence-corrected chi connectivity index (χ2v) is 5.28. The molecule has 1 amide bonds. The molecule has 1 saturated carbocycles. The number of aromatic amines is 1. The van der Waals surface area contributed by atoms with Crippen molar-refractivity contribution in [3.63, 3.8) is 0 Å². The Balaban J connectivity index is 2.19. The Morgan fingerprint density at radius 2 is 2.00 bits per heavy atom. The quantitative estimate of drug-likeness (QED) is 0.289. The average molecular weight is 279 g/mol. The van der Waals surface area contributed by atoms with Crippen molar-refractivity contribution in [1.82, 2.24) is 15.5 Å². The molecule has 110 valence electrons. The maximum Gasteiger partial charge on any atom is 0.255 e. The van der Waals surface area contributed by atoms with Gasteiger partial charge in [0.15, 0.2) is 5.84 Å². The molecule has 1 aliphatic carbocycles. The van der Waals surface area contributed by atoms with Gasteiger partial charge in [0.25, 0.3) is 5.91 Å². The van der Waals surface area contributed by atoms with Crippen LogP contribution in [0.1, 0.15) is 55.3 Å². The topological polar surface area (TPSA) is 116 Å². The normalized spacial score (nSPS) is 19.9. The third-order valence-electron chi connectivity index (χ3n) is 3.92. The molecular formula is C13H21N5O2. The van der Waals surface area contributed by atoms with Crippen LogP contribution < -0.4 is 11.1 Å². The fraction of sp³-hybridized carbons (Fsp3) is 0.615. The van der Waals surface area contributed by atoms with E-state index in [0.717, 1.165) is 25.7 Å². The lowest BCUT2D eigenvalue weighted by atomic mass is 9.82. The number of hydrogen-bond donors (Lipinski definition) is 4. The van der Waals surface area contributed by atoms with Crippen LogP contribution in [0.25, 0.3) is 0 Å². The van der Waals surface area contributed by atoms with Crippen molar-refractivity contribution in [1.29, 1.82) is 0 Å². The van der Waals surface area contributed by atoms with E-state index in [4.69, 9.17) is 10.9 Å². The molecule has 0 radical (unpaired) electrons. The van der Waals surface area contributed by atoms with Crippen LogP contribution in [0.15, 0.2) is 17.5 Å². The summed E-state index contributed by atoms with van der Waals surface area (Å²) >= 11 is 0. The standard InChI is InChI=1S/C13H21N5O2/c14-12(18-20)13(6-4-2-1-3-5-7-13)17-11(19)10-8-15-16-9-10/h8-9,20H,1-7H2,(H2,14,18)(H,15,16)(H,17,19). The summed E-state index contributed by atoms with van der Waals surface area (Å²) in [6.07, 6.45) is 9.64. The zero-order chi connectivity index (χ0) is 14.4. The molecule has 0 spiro atoms. The van der Waals surface area contributed by atoms with Gasteiger partial charge in [0.05, 0.1) is 11.8 Å². The second kappa shape index (κ2) is 6.40. The molecule has 1 aliphatic rings. The Morgan fingerprint density at radius 1 is 1.35 bits per heavy atom. The summed E-state index contributed by atoms with van der Waals surface area (Å²) in [5.41, 5.74) is 5.55. The fourth-order valence-electron chi connectivity index (χ4n) is 2.71. The van der Waals surface area contributed by atoms with Gasteiger partial charge in [-0.2, -0.15) is 5.10 Å². The number of rotatable bonds is 3. The lowest BCUT2D eigenvalue weighted by Gasteiger charge is -2.35. The number of nitrogens with zero attached hydrogens (tertiary/aromatic N) is 2. The summed E-state index contributed by atoms with van der Waals surface area (Å²) in [4.78, 5) is 12.2. The van der Waals surface area contributed by atoms with Crippen molar-refractivity contribution >= 4 is 11.7 Å². The van der Waals surface area contributed by atoms with Gasteiger partial charge in [-0.05, 0) is 12.8 Å². The van der Waals surface area contributed by atoms with Gasteiger partial charge in [0.2, 0.25) is 0 Å². The van der Waals surface area contributed by atoms with E-state index in [0.29, 0.717) is 18.4 Å². The zero-order valence-electron chi connectivity index (χ0n) is 11.4. The molecule has 20 heavy (non-hydrogen) atoms. The number of oxime groups is 1. The molecule has 5 N–H and O–H groups in total. The van der Waals surface area contributed by atoms with E-state index in [-0.39, 0.29) is 11.7 Å². The van der Waals surface area contributed by atoms with Gasteiger partial charge in [-0.3, -0.25) is 9.89 Å². The summed E-state index contributed by atoms with van der Waals surface area (Å²) in [6, 6.07) is 0. The first kappa shape index (κ1) is 14.4. The molecule has 2 rings (SSSR count). The number of H-pyrrole nitrogens is 1. The fourth-order valence-corrected chi connectivity index (χ4v) is 2.71. The Labute approximate surface area is 117 Å². The van der Waals surface area contributed by atoms with Gasteiger partial charge in [-0.25, -0.2) is 0 Å². The number of carbonyl (C=O) groups excluding carboxylic acids is 1. The predicted molar refractivity (Wildman–Crippen MR) is 74.5 cm³/mol. The molecule has 0 unspecified atom stereocenters. The molecule has 0 atom stereocenters. The SMILES string of the molecule is NC(=NO)C1(NC(=O)c2cn[nH]c2)CCCCCCC1. The maximum atomic E-state index is 12.2. The molecule has 7 nitrogen and oxygen atoms in total. The molecule has 0 aromatic carbocycles. The number of carbonyl (C=O) groups is 1. The number of nitrogens with one attached hydrogen (secondary N) is 2. The summed E-state index contributed by atoms with van der Waals surface area (Å²) in [6.45, 7) is 0. The monoisotopic (exact) mass is 279 g/mol. The summed E-state index contributed by atoms with van der Waals surface area (Å²) in [7, 11) is 0. The van der Waals surface area contributed by atoms with E-state index in [2.05, 4.69) is 20.7 Å². The molecule has 0 aliphatic heterocycles. The highest BCUT2D eigenvalue weighted by Gasteiger charge is 2.37. The zero-order valence-corrected chi connectivity index (χ0v) is 11.4. The van der Waals surface area contributed by atoms with Gasteiger partial charge in [-0.1, -0.05) is 37.3 Å². The third kappa shape index (κ3) is 3.09. The molecule has 0 saturated heterocycles. The summed E-state index contributed by atoms with van der Waals surface area (Å²) in [5.74, 6) is -0.179. The minimum atomic E-state index is -0.760. The van der Waals surface area contributed by atoms with E-state index in [1.54, 1.807) is 0 Å². The Bertz CT molecular complexity index is 461. The van der Waals surface area contributed by atoms with Gasteiger partial charge in [0, 0.05) is 6.20 Å². The Hall–Kier alpha value is -2.05. The summed E-state index contributed by atoms with van der Waals surface area (Å²) in [5, 5.41) is 21.5. The number of hydrogen-bond acceptors (Lipinski definition) is 4. The van der Waals surface area contributed by atoms with Crippen molar-refractivity contribution in [3.8, 4) is 0 Å². The first-order valence-corrected chi connectivity index (χ1v) is 6.97. The van der Waals surface area contributed by atoms with Gasteiger partial charge < -0.3 is 16.3 Å². The van der Waals surface area contributed by atoms with Crippen LogP contribution in [-0.4, -0.2) is 32.7 Å². The first-order valence-electron chi connectivity index (χ1n) is 6.97. The number of amidine groups is 1. The van der Waals surface area contributed by atoms with Crippen LogP contribution in [-0.2, 0) is 0 Å². The second-order valence-electron chi connectivity index (χ2n) is 5.28. The summed E-state index contributed by atoms with van der Waals surface area (Å²) < 4.78 is 0. The Kier molecular flexibility index (Phi) is 4.60. The number of nitrogens with two attached hydrogens (primary N) is 1. The van der Waals surface area contributed by atoms with Crippen molar-refractivity contribution in [2.45, 2.75) is 50.5 Å². The smallest absolute Gasteiger partial charge is 0.255 e. The third-order valence-corrected chi connectivity index (χ3v) is 3.92. The van der Waals surface area contributed by atoms with Crippen molar-refractivity contribution in [3.05, 3.63) is 18.0 Å². The lowest BCUT2D eigenvalue weighted by Crippen LogP contribution is -2.57. The van der Waals surface area contributed by atoms with Crippen molar-refractivity contribution in [2.75, 3.05) is 0 Å². The van der Waals surface area contributed by atoms with Gasteiger partial charge in [-0.15, -0.1) is 0 Å². The van der Waals surface area contributed by atoms with Crippen LogP contribution in [0.4, 0.5) is 0 Å². The molecular weight excluding hydrogens is 258 g/mol. The highest BCUT2D eigenvalue weighted by Crippen LogP contribution is 2.27. The van der Waals surface area contributed by atoms with Crippen LogP contribution in [0.3, 0.4) is 0 Å². The minimum absolute atomic E-state index is 0.0799. The molecule has 1 aromatic rings. The molecule has 0 bridgehead atoms. The lowest BCUT2D eigenvalue weighted by molar-refractivity contribution is 0.0910.